The van der Waals surface area contributed by atoms with Gasteiger partial charge >= 0.3 is 0 Å². The summed E-state index contributed by atoms with van der Waals surface area (Å²) in [6, 6.07) is 12.9. The number of nitrogens with one attached hydrogen (secondary N) is 1. The van der Waals surface area contributed by atoms with Crippen LogP contribution < -0.4 is 10.2 Å². The molecule has 1 aliphatic rings. The lowest BCUT2D eigenvalue weighted by atomic mass is 9.99. The number of carbonyl (C=O) groups is 2. The van der Waals surface area contributed by atoms with Gasteiger partial charge in [-0.05, 0) is 42.7 Å². The molecular weight excluding hydrogens is 316 g/mol. The van der Waals surface area contributed by atoms with Crippen molar-refractivity contribution >= 4 is 17.5 Å². The zero-order valence-electron chi connectivity index (χ0n) is 14.5. The zero-order valence-corrected chi connectivity index (χ0v) is 14.5. The molecule has 0 aromatic heterocycles. The van der Waals surface area contributed by atoms with E-state index in [2.05, 4.69) is 5.32 Å². The number of aliphatic hydroxyl groups excluding tert-OH is 1. The molecule has 0 saturated carbocycles. The van der Waals surface area contributed by atoms with Crippen LogP contribution in [0.15, 0.2) is 42.5 Å². The van der Waals surface area contributed by atoms with Crippen molar-refractivity contribution in [1.82, 2.24) is 5.32 Å². The van der Waals surface area contributed by atoms with Crippen LogP contribution >= 0.6 is 0 Å². The van der Waals surface area contributed by atoms with E-state index in [0.29, 0.717) is 18.4 Å². The van der Waals surface area contributed by atoms with Gasteiger partial charge in [0.25, 0.3) is 5.91 Å². The molecule has 1 unspecified atom stereocenters. The van der Waals surface area contributed by atoms with Crippen LogP contribution in [0.1, 0.15) is 39.6 Å². The van der Waals surface area contributed by atoms with Crippen LogP contribution in [0.2, 0.25) is 0 Å². The van der Waals surface area contributed by atoms with Crippen molar-refractivity contribution < 1.29 is 14.7 Å². The van der Waals surface area contributed by atoms with E-state index in [1.807, 2.05) is 37.3 Å². The number of hydrogen-bond donors (Lipinski definition) is 2. The van der Waals surface area contributed by atoms with E-state index in [-0.39, 0.29) is 18.4 Å². The van der Waals surface area contributed by atoms with Crippen LogP contribution in [0.3, 0.4) is 0 Å². The number of benzene rings is 2. The third-order valence-corrected chi connectivity index (χ3v) is 4.60. The molecular formula is C20H22N2O3. The van der Waals surface area contributed by atoms with Gasteiger partial charge in [0.05, 0.1) is 6.10 Å². The Morgan fingerprint density at radius 2 is 1.92 bits per heavy atom. The Bertz CT molecular complexity index is 799. The minimum Gasteiger partial charge on any atom is -0.387 e. The lowest BCUT2D eigenvalue weighted by Gasteiger charge is -2.26. The Morgan fingerprint density at radius 1 is 1.20 bits per heavy atom. The first-order valence-electron chi connectivity index (χ1n) is 8.38. The first-order valence-corrected chi connectivity index (χ1v) is 8.38. The Labute approximate surface area is 147 Å². The Kier molecular flexibility index (Phi) is 4.86. The molecule has 0 radical (unpaired) electrons. The molecule has 0 bridgehead atoms. The van der Waals surface area contributed by atoms with Crippen molar-refractivity contribution in [3.8, 4) is 0 Å². The number of aliphatic hydroxyl groups is 1. The number of aryl methyl sites for hydroxylation is 2. The van der Waals surface area contributed by atoms with E-state index in [9.17, 15) is 14.7 Å². The summed E-state index contributed by atoms with van der Waals surface area (Å²) >= 11 is 0. The second-order valence-electron chi connectivity index (χ2n) is 6.43. The van der Waals surface area contributed by atoms with Crippen molar-refractivity contribution in [3.05, 3.63) is 64.7 Å². The number of hydrogen-bond acceptors (Lipinski definition) is 3. The van der Waals surface area contributed by atoms with Gasteiger partial charge in [-0.15, -0.1) is 0 Å². The highest BCUT2D eigenvalue weighted by atomic mass is 16.3. The van der Waals surface area contributed by atoms with E-state index in [4.69, 9.17) is 0 Å². The maximum atomic E-state index is 12.4. The molecule has 2 aromatic carbocycles. The Hall–Kier alpha value is -2.66. The SMILES string of the molecule is Cc1ccc(C(O)CNC(=O)c2ccc3c(c2)CCC(=O)N3C)cc1. The summed E-state index contributed by atoms with van der Waals surface area (Å²) in [6.07, 6.45) is 0.359. The second kappa shape index (κ2) is 7.07. The fourth-order valence-electron chi connectivity index (χ4n) is 3.00. The first kappa shape index (κ1) is 17.2. The van der Waals surface area contributed by atoms with Gasteiger partial charge in [-0.3, -0.25) is 9.59 Å². The highest BCUT2D eigenvalue weighted by molar-refractivity contribution is 5.98. The molecule has 0 spiro atoms. The normalized spacial score (nSPS) is 14.8. The van der Waals surface area contributed by atoms with Crippen molar-refractivity contribution in [1.29, 1.82) is 0 Å². The smallest absolute Gasteiger partial charge is 0.251 e. The summed E-state index contributed by atoms with van der Waals surface area (Å²) in [5.41, 5.74) is 4.29. The Morgan fingerprint density at radius 3 is 2.64 bits per heavy atom. The highest BCUT2D eigenvalue weighted by Crippen LogP contribution is 2.27. The molecule has 2 aromatic rings. The van der Waals surface area contributed by atoms with E-state index >= 15 is 0 Å². The number of anilines is 1. The molecule has 0 fully saturated rings. The molecule has 1 heterocycles. The fraction of sp³-hybridized carbons (Fsp3) is 0.300. The maximum Gasteiger partial charge on any atom is 0.251 e. The monoisotopic (exact) mass is 338 g/mol. The number of fused-ring (bicyclic) bond motifs is 1. The summed E-state index contributed by atoms with van der Waals surface area (Å²) in [6.45, 7) is 2.14. The number of amides is 2. The van der Waals surface area contributed by atoms with E-state index in [1.54, 1.807) is 24.1 Å². The van der Waals surface area contributed by atoms with Crippen molar-refractivity contribution in [3.63, 3.8) is 0 Å². The predicted octanol–water partition coefficient (Wildman–Crippen LogP) is 2.37. The number of rotatable bonds is 4. The molecule has 5 heteroatoms. The molecule has 0 aliphatic carbocycles. The summed E-state index contributed by atoms with van der Waals surface area (Å²) in [5.74, 6) is -0.139. The van der Waals surface area contributed by atoms with Crippen LogP contribution in [0.4, 0.5) is 5.69 Å². The van der Waals surface area contributed by atoms with E-state index in [1.165, 1.54) is 0 Å². The maximum absolute atomic E-state index is 12.4. The summed E-state index contributed by atoms with van der Waals surface area (Å²) in [4.78, 5) is 25.7. The standard InChI is InChI=1S/C20H22N2O3/c1-13-3-5-14(6-4-13)18(23)12-21-20(25)16-7-9-17-15(11-16)8-10-19(24)22(17)2/h3-7,9,11,18,23H,8,10,12H2,1-2H3,(H,21,25). The third-order valence-electron chi connectivity index (χ3n) is 4.60. The average molecular weight is 338 g/mol. The van der Waals surface area contributed by atoms with Gasteiger partial charge in [0.1, 0.15) is 0 Å². The molecule has 3 rings (SSSR count). The van der Waals surface area contributed by atoms with Crippen molar-refractivity contribution in [2.45, 2.75) is 25.9 Å². The van der Waals surface area contributed by atoms with Gasteiger partial charge in [0.15, 0.2) is 0 Å². The average Bonchev–Trinajstić information content (AvgIpc) is 2.63. The molecule has 25 heavy (non-hydrogen) atoms. The quantitative estimate of drug-likeness (QED) is 0.899. The predicted molar refractivity (Wildman–Crippen MR) is 96.6 cm³/mol. The molecule has 0 saturated heterocycles. The van der Waals surface area contributed by atoms with Crippen LogP contribution in [0.5, 0.6) is 0 Å². The van der Waals surface area contributed by atoms with Gasteiger partial charge in [-0.1, -0.05) is 29.8 Å². The molecule has 130 valence electrons. The topological polar surface area (TPSA) is 69.6 Å². The van der Waals surface area contributed by atoms with Crippen LogP contribution in [0, 0.1) is 6.92 Å². The minimum absolute atomic E-state index is 0.0888. The molecule has 2 N–H and O–H groups in total. The second-order valence-corrected chi connectivity index (χ2v) is 6.43. The van der Waals surface area contributed by atoms with Gasteiger partial charge < -0.3 is 15.3 Å². The van der Waals surface area contributed by atoms with Gasteiger partial charge in [-0.25, -0.2) is 0 Å². The largest absolute Gasteiger partial charge is 0.387 e. The highest BCUT2D eigenvalue weighted by Gasteiger charge is 2.22. The minimum atomic E-state index is -0.745. The summed E-state index contributed by atoms with van der Waals surface area (Å²) in [7, 11) is 1.75. The zero-order chi connectivity index (χ0) is 18.0. The third kappa shape index (κ3) is 3.72. The summed E-state index contributed by atoms with van der Waals surface area (Å²) < 4.78 is 0. The number of carbonyl (C=O) groups excluding carboxylic acids is 2. The van der Waals surface area contributed by atoms with Gasteiger partial charge in [-0.2, -0.15) is 0 Å². The van der Waals surface area contributed by atoms with Crippen LogP contribution in [-0.2, 0) is 11.2 Å². The molecule has 2 amide bonds. The first-order chi connectivity index (χ1) is 12.0. The summed E-state index contributed by atoms with van der Waals surface area (Å²) in [5, 5.41) is 13.0. The lowest BCUT2D eigenvalue weighted by molar-refractivity contribution is -0.118. The fourth-order valence-corrected chi connectivity index (χ4v) is 3.00. The molecule has 1 atom stereocenters. The van der Waals surface area contributed by atoms with Crippen LogP contribution in [-0.4, -0.2) is 30.5 Å². The van der Waals surface area contributed by atoms with Gasteiger partial charge in [0, 0.05) is 31.3 Å². The number of nitrogens with zero attached hydrogens (tertiary/aromatic N) is 1. The lowest BCUT2D eigenvalue weighted by Crippen LogP contribution is -2.32. The molecule has 5 nitrogen and oxygen atoms in total. The van der Waals surface area contributed by atoms with Crippen LogP contribution in [0.25, 0.3) is 0 Å². The Balaban J connectivity index is 1.65. The van der Waals surface area contributed by atoms with E-state index < -0.39 is 6.10 Å². The van der Waals surface area contributed by atoms with E-state index in [0.717, 1.165) is 22.4 Å². The molecule has 1 aliphatic heterocycles. The van der Waals surface area contributed by atoms with Crippen molar-refractivity contribution in [2.24, 2.45) is 0 Å². The van der Waals surface area contributed by atoms with Gasteiger partial charge in [0.2, 0.25) is 5.91 Å². The van der Waals surface area contributed by atoms with Crippen molar-refractivity contribution in [2.75, 3.05) is 18.5 Å².